The van der Waals surface area contributed by atoms with Gasteiger partial charge in [0.05, 0.1) is 4.91 Å². The Morgan fingerprint density at radius 3 is 2.71 bits per heavy atom. The molecule has 0 spiro atoms. The number of amides is 2. The standard InChI is InChI=1S/C18H15N3O5S2/c1-20-6-2-3-11(20)8-14-16(24)21(18(27)28-14)9-15(23)19-10-4-5-13(22)12(7-10)17(25)26/h2-8,22H,9H2,1H3,(H,19,23)(H,25,26). The molecule has 10 heteroatoms. The summed E-state index contributed by atoms with van der Waals surface area (Å²) in [6.07, 6.45) is 3.55. The summed E-state index contributed by atoms with van der Waals surface area (Å²) in [5.74, 6) is -2.65. The number of aromatic carboxylic acids is 1. The van der Waals surface area contributed by atoms with Gasteiger partial charge in [-0.1, -0.05) is 24.0 Å². The van der Waals surface area contributed by atoms with Crippen molar-refractivity contribution in [3.8, 4) is 5.75 Å². The third-order valence-electron chi connectivity index (χ3n) is 3.95. The van der Waals surface area contributed by atoms with Crippen LogP contribution in [0.5, 0.6) is 5.75 Å². The van der Waals surface area contributed by atoms with Crippen molar-refractivity contribution in [2.45, 2.75) is 0 Å². The lowest BCUT2D eigenvalue weighted by Crippen LogP contribution is -2.36. The van der Waals surface area contributed by atoms with E-state index in [0.717, 1.165) is 23.5 Å². The molecular weight excluding hydrogens is 402 g/mol. The van der Waals surface area contributed by atoms with Crippen LogP contribution in [0.3, 0.4) is 0 Å². The summed E-state index contributed by atoms with van der Waals surface area (Å²) in [7, 11) is 1.85. The molecule has 0 atom stereocenters. The fraction of sp³-hybridized carbons (Fsp3) is 0.111. The zero-order valence-electron chi connectivity index (χ0n) is 14.6. The van der Waals surface area contributed by atoms with E-state index in [0.29, 0.717) is 4.91 Å². The van der Waals surface area contributed by atoms with Crippen molar-refractivity contribution in [2.75, 3.05) is 11.9 Å². The molecule has 1 fully saturated rings. The molecule has 1 aromatic carbocycles. The van der Waals surface area contributed by atoms with Gasteiger partial charge in [0, 0.05) is 24.6 Å². The zero-order valence-corrected chi connectivity index (χ0v) is 16.2. The van der Waals surface area contributed by atoms with Crippen molar-refractivity contribution in [1.29, 1.82) is 0 Å². The number of aromatic nitrogens is 1. The van der Waals surface area contributed by atoms with Crippen LogP contribution in [-0.2, 0) is 16.6 Å². The Hall–Kier alpha value is -3.11. The number of thiocarbonyl (C=S) groups is 1. The van der Waals surface area contributed by atoms with Crippen molar-refractivity contribution < 1.29 is 24.6 Å². The number of benzene rings is 1. The van der Waals surface area contributed by atoms with Crippen molar-refractivity contribution in [3.05, 3.63) is 52.7 Å². The molecular formula is C18H15N3O5S2. The van der Waals surface area contributed by atoms with E-state index in [9.17, 15) is 19.5 Å². The number of hydrogen-bond acceptors (Lipinski definition) is 6. The molecule has 3 N–H and O–H groups in total. The highest BCUT2D eigenvalue weighted by Crippen LogP contribution is 2.32. The van der Waals surface area contributed by atoms with E-state index >= 15 is 0 Å². The van der Waals surface area contributed by atoms with Crippen molar-refractivity contribution in [2.24, 2.45) is 7.05 Å². The Labute approximate surface area is 169 Å². The molecule has 1 aliphatic rings. The summed E-state index contributed by atoms with van der Waals surface area (Å²) < 4.78 is 2.11. The first-order chi connectivity index (χ1) is 13.3. The maximum Gasteiger partial charge on any atom is 0.339 e. The average molecular weight is 417 g/mol. The van der Waals surface area contributed by atoms with Gasteiger partial charge in [0.15, 0.2) is 0 Å². The van der Waals surface area contributed by atoms with Crippen LogP contribution in [0.15, 0.2) is 41.4 Å². The molecule has 0 radical (unpaired) electrons. The van der Waals surface area contributed by atoms with E-state index in [4.69, 9.17) is 17.3 Å². The molecule has 28 heavy (non-hydrogen) atoms. The van der Waals surface area contributed by atoms with E-state index in [1.165, 1.54) is 17.0 Å². The summed E-state index contributed by atoms with van der Waals surface area (Å²) in [5, 5.41) is 21.0. The lowest BCUT2D eigenvalue weighted by molar-refractivity contribution is -0.126. The van der Waals surface area contributed by atoms with Gasteiger partial charge in [0.2, 0.25) is 5.91 Å². The van der Waals surface area contributed by atoms with E-state index in [-0.39, 0.29) is 28.0 Å². The SMILES string of the molecule is Cn1cccc1C=C1SC(=S)N(CC(=O)Nc2ccc(O)c(C(=O)O)c2)C1=O. The molecule has 0 unspecified atom stereocenters. The molecule has 0 saturated carbocycles. The minimum absolute atomic E-state index is 0.185. The second kappa shape index (κ2) is 7.87. The molecule has 1 aromatic heterocycles. The van der Waals surface area contributed by atoms with Crippen LogP contribution < -0.4 is 5.32 Å². The van der Waals surface area contributed by atoms with Gasteiger partial charge in [-0.2, -0.15) is 0 Å². The third-order valence-corrected chi connectivity index (χ3v) is 5.33. The second-order valence-electron chi connectivity index (χ2n) is 5.90. The molecule has 144 valence electrons. The monoisotopic (exact) mass is 417 g/mol. The first-order valence-corrected chi connectivity index (χ1v) is 9.21. The quantitative estimate of drug-likeness (QED) is 0.389. The van der Waals surface area contributed by atoms with Crippen LogP contribution in [0.1, 0.15) is 16.1 Å². The zero-order chi connectivity index (χ0) is 20.4. The number of rotatable bonds is 5. The summed E-state index contributed by atoms with van der Waals surface area (Å²) in [5.41, 5.74) is 0.675. The van der Waals surface area contributed by atoms with E-state index < -0.39 is 17.6 Å². The molecule has 0 bridgehead atoms. The Balaban J connectivity index is 1.71. The number of carboxylic acids is 1. The van der Waals surface area contributed by atoms with Crippen molar-refractivity contribution in [3.63, 3.8) is 0 Å². The van der Waals surface area contributed by atoms with Gasteiger partial charge in [-0.05, 0) is 36.4 Å². The predicted molar refractivity (Wildman–Crippen MR) is 109 cm³/mol. The normalized spacial score (nSPS) is 15.3. The van der Waals surface area contributed by atoms with Gasteiger partial charge in [-0.3, -0.25) is 14.5 Å². The Morgan fingerprint density at radius 1 is 1.32 bits per heavy atom. The molecule has 8 nitrogen and oxygen atoms in total. The van der Waals surface area contributed by atoms with Crippen LogP contribution >= 0.6 is 24.0 Å². The van der Waals surface area contributed by atoms with Crippen LogP contribution in [0, 0.1) is 0 Å². The van der Waals surface area contributed by atoms with E-state index in [1.807, 2.05) is 29.9 Å². The average Bonchev–Trinajstić information content (AvgIpc) is 3.15. The number of carbonyl (C=O) groups is 3. The number of hydrogen-bond donors (Lipinski definition) is 3. The van der Waals surface area contributed by atoms with Crippen LogP contribution in [0.4, 0.5) is 5.69 Å². The highest BCUT2D eigenvalue weighted by Gasteiger charge is 2.33. The van der Waals surface area contributed by atoms with Gasteiger partial charge in [0.1, 0.15) is 22.2 Å². The van der Waals surface area contributed by atoms with E-state index in [1.54, 1.807) is 6.08 Å². The lowest BCUT2D eigenvalue weighted by atomic mass is 10.2. The van der Waals surface area contributed by atoms with Crippen molar-refractivity contribution in [1.82, 2.24) is 9.47 Å². The van der Waals surface area contributed by atoms with Crippen molar-refractivity contribution >= 4 is 57.8 Å². The maximum absolute atomic E-state index is 12.6. The van der Waals surface area contributed by atoms with Crippen LogP contribution in [-0.4, -0.2) is 48.3 Å². The summed E-state index contributed by atoms with van der Waals surface area (Å²) >= 11 is 6.32. The Morgan fingerprint density at radius 2 is 2.07 bits per heavy atom. The first kappa shape index (κ1) is 19.6. The van der Waals surface area contributed by atoms with Gasteiger partial charge in [0.25, 0.3) is 5.91 Å². The summed E-state index contributed by atoms with van der Waals surface area (Å²) in [6, 6.07) is 7.36. The van der Waals surface area contributed by atoms with Gasteiger partial charge < -0.3 is 20.1 Å². The summed E-state index contributed by atoms with van der Waals surface area (Å²) in [6.45, 7) is -0.307. The third kappa shape index (κ3) is 4.07. The second-order valence-corrected chi connectivity index (χ2v) is 7.57. The van der Waals surface area contributed by atoms with Gasteiger partial charge in [-0.15, -0.1) is 0 Å². The number of nitrogens with zero attached hydrogens (tertiary/aromatic N) is 2. The Bertz CT molecular complexity index is 1030. The molecule has 1 saturated heterocycles. The van der Waals surface area contributed by atoms with Gasteiger partial charge in [-0.25, -0.2) is 4.79 Å². The fourth-order valence-electron chi connectivity index (χ4n) is 2.52. The first-order valence-electron chi connectivity index (χ1n) is 7.99. The lowest BCUT2D eigenvalue weighted by Gasteiger charge is -2.14. The molecule has 2 heterocycles. The highest BCUT2D eigenvalue weighted by molar-refractivity contribution is 8.26. The van der Waals surface area contributed by atoms with Crippen LogP contribution in [0.25, 0.3) is 6.08 Å². The summed E-state index contributed by atoms with van der Waals surface area (Å²) in [4.78, 5) is 37.5. The number of carboxylic acid groups (broad SMARTS) is 1. The maximum atomic E-state index is 12.6. The van der Waals surface area contributed by atoms with Gasteiger partial charge >= 0.3 is 5.97 Å². The number of anilines is 1. The molecule has 2 amide bonds. The molecule has 1 aliphatic heterocycles. The minimum Gasteiger partial charge on any atom is -0.507 e. The molecule has 3 rings (SSSR count). The Kier molecular flexibility index (Phi) is 5.52. The number of aryl methyl sites for hydroxylation is 1. The number of phenols is 1. The highest BCUT2D eigenvalue weighted by atomic mass is 32.2. The number of thioether (sulfide) groups is 1. The number of carbonyl (C=O) groups excluding carboxylic acids is 2. The fourth-order valence-corrected chi connectivity index (χ4v) is 3.76. The topological polar surface area (TPSA) is 112 Å². The smallest absolute Gasteiger partial charge is 0.339 e. The van der Waals surface area contributed by atoms with Crippen LogP contribution in [0.2, 0.25) is 0 Å². The number of aromatic hydroxyl groups is 1. The minimum atomic E-state index is -1.32. The number of nitrogens with one attached hydrogen (secondary N) is 1. The molecule has 2 aromatic rings. The predicted octanol–water partition coefficient (Wildman–Crippen LogP) is 2.27. The molecule has 0 aliphatic carbocycles. The largest absolute Gasteiger partial charge is 0.507 e. The van der Waals surface area contributed by atoms with E-state index in [2.05, 4.69) is 5.32 Å².